The summed E-state index contributed by atoms with van der Waals surface area (Å²) < 4.78 is 5.24. The summed E-state index contributed by atoms with van der Waals surface area (Å²) >= 11 is 0. The Kier molecular flexibility index (Phi) is 4.51. The molecule has 3 rings (SSSR count). The molecule has 0 unspecified atom stereocenters. The normalized spacial score (nSPS) is 15.1. The fourth-order valence-corrected chi connectivity index (χ4v) is 2.80. The molecule has 1 N–H and O–H groups in total. The second kappa shape index (κ2) is 6.73. The Morgan fingerprint density at radius 1 is 1.27 bits per heavy atom. The van der Waals surface area contributed by atoms with Gasteiger partial charge in [-0.1, -0.05) is 47.8 Å². The van der Waals surface area contributed by atoms with Crippen molar-refractivity contribution in [2.75, 3.05) is 6.54 Å². The molecular formula is C17H21N3O2. The van der Waals surface area contributed by atoms with Crippen LogP contribution < -0.4 is 5.32 Å². The number of aromatic nitrogens is 2. The van der Waals surface area contributed by atoms with Crippen LogP contribution >= 0.6 is 0 Å². The van der Waals surface area contributed by atoms with Crippen LogP contribution in [0.3, 0.4) is 0 Å². The number of nitrogens with one attached hydrogen (secondary N) is 1. The topological polar surface area (TPSA) is 68.0 Å². The van der Waals surface area contributed by atoms with Crippen LogP contribution in [0.1, 0.15) is 37.1 Å². The lowest BCUT2D eigenvalue weighted by Gasteiger charge is -2.08. The van der Waals surface area contributed by atoms with Crippen LogP contribution in [0.25, 0.3) is 11.4 Å². The molecule has 0 atom stereocenters. The van der Waals surface area contributed by atoms with Gasteiger partial charge in [0.2, 0.25) is 17.6 Å². The fraction of sp³-hybridized carbons (Fsp3) is 0.471. The van der Waals surface area contributed by atoms with Gasteiger partial charge in [-0.15, -0.1) is 0 Å². The van der Waals surface area contributed by atoms with E-state index in [1.165, 1.54) is 18.4 Å². The maximum absolute atomic E-state index is 11.9. The molecule has 116 valence electrons. The highest BCUT2D eigenvalue weighted by atomic mass is 16.5. The zero-order valence-electron chi connectivity index (χ0n) is 12.8. The number of carbonyl (C=O) groups is 1. The lowest BCUT2D eigenvalue weighted by atomic mass is 10.1. The van der Waals surface area contributed by atoms with E-state index >= 15 is 0 Å². The van der Waals surface area contributed by atoms with E-state index in [0.717, 1.165) is 18.4 Å². The van der Waals surface area contributed by atoms with Crippen molar-refractivity contribution in [1.82, 2.24) is 15.5 Å². The monoisotopic (exact) mass is 299 g/mol. The molecule has 22 heavy (non-hydrogen) atoms. The number of benzene rings is 1. The van der Waals surface area contributed by atoms with Gasteiger partial charge < -0.3 is 9.84 Å². The van der Waals surface area contributed by atoms with Gasteiger partial charge in [0, 0.05) is 24.4 Å². The van der Waals surface area contributed by atoms with Gasteiger partial charge >= 0.3 is 0 Å². The Morgan fingerprint density at radius 3 is 2.73 bits per heavy atom. The molecule has 1 amide bonds. The maximum atomic E-state index is 11.9. The first-order valence-electron chi connectivity index (χ1n) is 7.90. The molecule has 1 aliphatic carbocycles. The third-order valence-corrected chi connectivity index (χ3v) is 4.14. The van der Waals surface area contributed by atoms with Crippen LogP contribution in [-0.4, -0.2) is 22.6 Å². The van der Waals surface area contributed by atoms with Crippen LogP contribution in [0.4, 0.5) is 0 Å². The Hall–Kier alpha value is -2.17. The minimum Gasteiger partial charge on any atom is -0.355 e. The smallest absolute Gasteiger partial charge is 0.228 e. The van der Waals surface area contributed by atoms with Gasteiger partial charge in [-0.3, -0.25) is 4.79 Å². The highest BCUT2D eigenvalue weighted by Crippen LogP contribution is 2.24. The van der Waals surface area contributed by atoms with Crippen molar-refractivity contribution in [3.63, 3.8) is 0 Å². The van der Waals surface area contributed by atoms with E-state index in [4.69, 9.17) is 4.52 Å². The van der Waals surface area contributed by atoms with E-state index in [0.29, 0.717) is 24.7 Å². The predicted molar refractivity (Wildman–Crippen MR) is 83.1 cm³/mol. The SMILES string of the molecule is Cc1ccc(-c2noc(CCNC(=O)C3CCCC3)n2)cc1. The summed E-state index contributed by atoms with van der Waals surface area (Å²) in [6, 6.07) is 8.00. The van der Waals surface area contributed by atoms with Gasteiger partial charge in [0.05, 0.1) is 0 Å². The third kappa shape index (κ3) is 3.53. The molecule has 0 bridgehead atoms. The standard InChI is InChI=1S/C17H21N3O2/c1-12-6-8-13(9-7-12)16-19-15(22-20-16)10-11-18-17(21)14-4-2-3-5-14/h6-9,14H,2-5,10-11H2,1H3,(H,18,21). The molecule has 5 heteroatoms. The zero-order valence-corrected chi connectivity index (χ0v) is 12.8. The highest BCUT2D eigenvalue weighted by molar-refractivity contribution is 5.78. The quantitative estimate of drug-likeness (QED) is 0.921. The highest BCUT2D eigenvalue weighted by Gasteiger charge is 2.22. The van der Waals surface area contributed by atoms with Crippen LogP contribution in [0.2, 0.25) is 0 Å². The van der Waals surface area contributed by atoms with E-state index < -0.39 is 0 Å². The molecule has 1 saturated carbocycles. The summed E-state index contributed by atoms with van der Waals surface area (Å²) in [5, 5.41) is 6.96. The molecule has 0 aliphatic heterocycles. The molecule has 2 aromatic rings. The van der Waals surface area contributed by atoms with Gasteiger partial charge in [-0.2, -0.15) is 4.98 Å². The molecule has 5 nitrogen and oxygen atoms in total. The lowest BCUT2D eigenvalue weighted by Crippen LogP contribution is -2.30. The van der Waals surface area contributed by atoms with Gasteiger partial charge in [0.25, 0.3) is 0 Å². The molecule has 0 spiro atoms. The van der Waals surface area contributed by atoms with Crippen molar-refractivity contribution >= 4 is 5.91 Å². The first kappa shape index (κ1) is 14.8. The summed E-state index contributed by atoms with van der Waals surface area (Å²) in [6.45, 7) is 2.59. The van der Waals surface area contributed by atoms with Crippen molar-refractivity contribution in [3.05, 3.63) is 35.7 Å². The van der Waals surface area contributed by atoms with Crippen molar-refractivity contribution in [1.29, 1.82) is 0 Å². The molecule has 1 fully saturated rings. The number of aryl methyl sites for hydroxylation is 1. The minimum atomic E-state index is 0.163. The average molecular weight is 299 g/mol. The summed E-state index contributed by atoms with van der Waals surface area (Å²) in [7, 11) is 0. The molecule has 0 radical (unpaired) electrons. The van der Waals surface area contributed by atoms with Crippen LogP contribution in [-0.2, 0) is 11.2 Å². The van der Waals surface area contributed by atoms with E-state index in [-0.39, 0.29) is 11.8 Å². The van der Waals surface area contributed by atoms with Gasteiger partial charge in [-0.05, 0) is 19.8 Å². The van der Waals surface area contributed by atoms with E-state index in [9.17, 15) is 4.79 Å². The summed E-state index contributed by atoms with van der Waals surface area (Å²) in [6.07, 6.45) is 4.94. The van der Waals surface area contributed by atoms with Crippen LogP contribution in [0.5, 0.6) is 0 Å². The second-order valence-corrected chi connectivity index (χ2v) is 5.90. The summed E-state index contributed by atoms with van der Waals surface area (Å²) in [5.74, 6) is 1.51. The van der Waals surface area contributed by atoms with Crippen molar-refractivity contribution in [3.8, 4) is 11.4 Å². The summed E-state index contributed by atoms with van der Waals surface area (Å²) in [4.78, 5) is 16.3. The first-order chi connectivity index (χ1) is 10.7. The predicted octanol–water partition coefficient (Wildman–Crippen LogP) is 2.89. The van der Waals surface area contributed by atoms with Crippen molar-refractivity contribution in [2.24, 2.45) is 5.92 Å². The van der Waals surface area contributed by atoms with E-state index in [1.807, 2.05) is 31.2 Å². The second-order valence-electron chi connectivity index (χ2n) is 5.90. The summed E-state index contributed by atoms with van der Waals surface area (Å²) in [5.41, 5.74) is 2.14. The Morgan fingerprint density at radius 2 is 2.00 bits per heavy atom. The minimum absolute atomic E-state index is 0.163. The molecule has 1 heterocycles. The fourth-order valence-electron chi connectivity index (χ4n) is 2.80. The molecule has 0 saturated heterocycles. The Balaban J connectivity index is 1.51. The number of carbonyl (C=O) groups excluding carboxylic acids is 1. The van der Waals surface area contributed by atoms with Crippen molar-refractivity contribution in [2.45, 2.75) is 39.0 Å². The number of nitrogens with zero attached hydrogens (tertiary/aromatic N) is 2. The van der Waals surface area contributed by atoms with Gasteiger partial charge in [-0.25, -0.2) is 0 Å². The van der Waals surface area contributed by atoms with Gasteiger partial charge in [0.15, 0.2) is 0 Å². The Labute approximate surface area is 130 Å². The molecule has 1 aliphatic rings. The maximum Gasteiger partial charge on any atom is 0.228 e. The lowest BCUT2D eigenvalue weighted by molar-refractivity contribution is -0.124. The third-order valence-electron chi connectivity index (χ3n) is 4.14. The van der Waals surface area contributed by atoms with Crippen LogP contribution in [0, 0.1) is 12.8 Å². The van der Waals surface area contributed by atoms with Crippen molar-refractivity contribution < 1.29 is 9.32 Å². The molecule has 1 aromatic heterocycles. The number of amides is 1. The number of hydrogen-bond acceptors (Lipinski definition) is 4. The van der Waals surface area contributed by atoms with E-state index in [2.05, 4.69) is 15.5 Å². The number of hydrogen-bond donors (Lipinski definition) is 1. The first-order valence-corrected chi connectivity index (χ1v) is 7.90. The zero-order chi connectivity index (χ0) is 15.4. The largest absolute Gasteiger partial charge is 0.355 e. The number of rotatable bonds is 5. The molecular weight excluding hydrogens is 278 g/mol. The Bertz CT molecular complexity index is 628. The van der Waals surface area contributed by atoms with Gasteiger partial charge in [0.1, 0.15) is 0 Å². The molecule has 1 aromatic carbocycles. The van der Waals surface area contributed by atoms with Crippen LogP contribution in [0.15, 0.2) is 28.8 Å². The van der Waals surface area contributed by atoms with E-state index in [1.54, 1.807) is 0 Å². The average Bonchev–Trinajstić information content (AvgIpc) is 3.19.